The number of nitrogens with one attached hydrogen (secondary N) is 1. The lowest BCUT2D eigenvalue weighted by atomic mass is 10.1. The van der Waals surface area contributed by atoms with Crippen LogP contribution in [-0.2, 0) is 7.05 Å². The lowest BCUT2D eigenvalue weighted by Crippen LogP contribution is -2.30. The van der Waals surface area contributed by atoms with Crippen LogP contribution in [0.2, 0.25) is 0 Å². The number of benzene rings is 1. The van der Waals surface area contributed by atoms with E-state index in [1.54, 1.807) is 4.68 Å². The first-order valence-electron chi connectivity index (χ1n) is 9.30. The van der Waals surface area contributed by atoms with Crippen LogP contribution in [0.5, 0.6) is 0 Å². The van der Waals surface area contributed by atoms with Gasteiger partial charge in [0.05, 0.1) is 16.6 Å². The van der Waals surface area contributed by atoms with E-state index < -0.39 is 0 Å². The molecule has 0 unspecified atom stereocenters. The highest BCUT2D eigenvalue weighted by molar-refractivity contribution is 6.12. The van der Waals surface area contributed by atoms with Crippen LogP contribution in [0.1, 0.15) is 42.5 Å². The lowest BCUT2D eigenvalue weighted by Gasteiger charge is -2.27. The fraction of sp³-hybridized carbons (Fsp3) is 0.381. The van der Waals surface area contributed by atoms with Gasteiger partial charge in [0.1, 0.15) is 0 Å². The van der Waals surface area contributed by atoms with Gasteiger partial charge in [-0.05, 0) is 65.0 Å². The molecule has 0 aliphatic carbocycles. The van der Waals surface area contributed by atoms with E-state index in [1.807, 2.05) is 51.2 Å². The molecule has 2 aromatic heterocycles. The number of hydrogen-bond acceptors (Lipinski definition) is 4. The maximum Gasteiger partial charge on any atom is 0.256 e. The summed E-state index contributed by atoms with van der Waals surface area (Å²) in [5.74, 6) is -0.148. The zero-order chi connectivity index (χ0) is 19.7. The van der Waals surface area contributed by atoms with Crippen molar-refractivity contribution in [2.45, 2.75) is 40.7 Å². The van der Waals surface area contributed by atoms with Gasteiger partial charge in [0, 0.05) is 36.7 Å². The van der Waals surface area contributed by atoms with Gasteiger partial charge in [0.2, 0.25) is 0 Å². The van der Waals surface area contributed by atoms with Crippen molar-refractivity contribution in [2.24, 2.45) is 7.05 Å². The Hall–Kier alpha value is -2.89. The summed E-state index contributed by atoms with van der Waals surface area (Å²) in [6.07, 6.45) is 0. The van der Waals surface area contributed by atoms with Crippen molar-refractivity contribution in [3.8, 4) is 0 Å². The number of aromatic nitrogens is 3. The Kier molecular flexibility index (Phi) is 5.17. The first kappa shape index (κ1) is 18.9. The summed E-state index contributed by atoms with van der Waals surface area (Å²) in [6, 6.07) is 10.2. The molecule has 0 spiro atoms. The maximum absolute atomic E-state index is 12.9. The minimum atomic E-state index is -0.148. The Morgan fingerprint density at radius 3 is 2.48 bits per heavy atom. The van der Waals surface area contributed by atoms with Crippen molar-refractivity contribution in [2.75, 3.05) is 16.8 Å². The topological polar surface area (TPSA) is 63.1 Å². The fourth-order valence-corrected chi connectivity index (χ4v) is 3.53. The lowest BCUT2D eigenvalue weighted by molar-refractivity contribution is 0.102. The van der Waals surface area contributed by atoms with Gasteiger partial charge in [-0.15, -0.1) is 0 Å². The second-order valence-corrected chi connectivity index (χ2v) is 7.10. The maximum atomic E-state index is 12.9. The normalized spacial score (nSPS) is 11.2. The zero-order valence-corrected chi connectivity index (χ0v) is 16.9. The van der Waals surface area contributed by atoms with Gasteiger partial charge < -0.3 is 10.2 Å². The number of nitrogens with zero attached hydrogens (tertiary/aromatic N) is 4. The number of amides is 1. The molecule has 0 radical (unpaired) electrons. The van der Waals surface area contributed by atoms with E-state index in [2.05, 4.69) is 41.1 Å². The molecule has 6 nitrogen and oxygen atoms in total. The molecule has 3 rings (SSSR count). The van der Waals surface area contributed by atoms with Crippen LogP contribution in [0.3, 0.4) is 0 Å². The third kappa shape index (κ3) is 3.65. The molecule has 6 heteroatoms. The van der Waals surface area contributed by atoms with Crippen LogP contribution >= 0.6 is 0 Å². The molecule has 142 valence electrons. The van der Waals surface area contributed by atoms with E-state index in [0.717, 1.165) is 40.3 Å². The van der Waals surface area contributed by atoms with E-state index in [4.69, 9.17) is 0 Å². The third-order valence-electron chi connectivity index (χ3n) is 4.76. The molecular weight excluding hydrogens is 338 g/mol. The molecule has 1 N–H and O–H groups in total. The van der Waals surface area contributed by atoms with Crippen LogP contribution in [-0.4, -0.2) is 33.3 Å². The molecule has 0 aliphatic heterocycles. The average Bonchev–Trinajstić information content (AvgIpc) is 2.90. The second-order valence-electron chi connectivity index (χ2n) is 7.10. The van der Waals surface area contributed by atoms with Gasteiger partial charge in [-0.25, -0.2) is 4.98 Å². The fourth-order valence-electron chi connectivity index (χ4n) is 3.53. The Bertz CT molecular complexity index is 972. The Morgan fingerprint density at radius 2 is 1.89 bits per heavy atom. The Morgan fingerprint density at radius 1 is 1.22 bits per heavy atom. The molecule has 3 aromatic rings. The quantitative estimate of drug-likeness (QED) is 0.740. The summed E-state index contributed by atoms with van der Waals surface area (Å²) in [5, 5.41) is 8.21. The second kappa shape index (κ2) is 7.39. The molecule has 1 aromatic carbocycles. The zero-order valence-electron chi connectivity index (χ0n) is 16.9. The molecular formula is C21H27N5O. The smallest absolute Gasteiger partial charge is 0.256 e. The van der Waals surface area contributed by atoms with Crippen LogP contribution in [0.4, 0.5) is 11.4 Å². The van der Waals surface area contributed by atoms with Gasteiger partial charge in [-0.3, -0.25) is 9.48 Å². The summed E-state index contributed by atoms with van der Waals surface area (Å²) in [4.78, 5) is 19.8. The Labute approximate surface area is 160 Å². The van der Waals surface area contributed by atoms with Crippen LogP contribution < -0.4 is 10.2 Å². The first-order valence-corrected chi connectivity index (χ1v) is 9.30. The van der Waals surface area contributed by atoms with E-state index in [0.29, 0.717) is 11.6 Å². The summed E-state index contributed by atoms with van der Waals surface area (Å²) in [7, 11) is 1.84. The van der Waals surface area contributed by atoms with Crippen molar-refractivity contribution in [3.63, 3.8) is 0 Å². The van der Waals surface area contributed by atoms with Crippen molar-refractivity contribution in [3.05, 3.63) is 47.3 Å². The molecule has 0 fully saturated rings. The SMILES string of the molecule is CCN(c1ccc(NC(=O)c2cc(C)nc3c2c(C)nn3C)cc1)C(C)C. The van der Waals surface area contributed by atoms with Gasteiger partial charge in [-0.2, -0.15) is 5.10 Å². The van der Waals surface area contributed by atoms with Gasteiger partial charge in [-0.1, -0.05) is 0 Å². The van der Waals surface area contributed by atoms with Crippen LogP contribution in [0.25, 0.3) is 11.0 Å². The number of rotatable bonds is 5. The van der Waals surface area contributed by atoms with E-state index in [-0.39, 0.29) is 5.91 Å². The molecule has 0 saturated heterocycles. The highest BCUT2D eigenvalue weighted by Crippen LogP contribution is 2.24. The van der Waals surface area contributed by atoms with E-state index in [1.165, 1.54) is 0 Å². The number of hydrogen-bond donors (Lipinski definition) is 1. The highest BCUT2D eigenvalue weighted by Gasteiger charge is 2.18. The predicted octanol–water partition coefficient (Wildman–Crippen LogP) is 4.07. The number of anilines is 2. The predicted molar refractivity (Wildman–Crippen MR) is 111 cm³/mol. The highest BCUT2D eigenvalue weighted by atomic mass is 16.1. The summed E-state index contributed by atoms with van der Waals surface area (Å²) < 4.78 is 1.72. The standard InChI is InChI=1S/C21H27N5O/c1-7-26(13(2)3)17-10-8-16(9-11-17)23-21(27)18-12-14(4)22-20-19(18)15(5)24-25(20)6/h8-13H,7H2,1-6H3,(H,23,27). The summed E-state index contributed by atoms with van der Waals surface area (Å²) in [6.45, 7) is 11.2. The minimum absolute atomic E-state index is 0.148. The van der Waals surface area contributed by atoms with Gasteiger partial charge >= 0.3 is 0 Å². The van der Waals surface area contributed by atoms with E-state index >= 15 is 0 Å². The summed E-state index contributed by atoms with van der Waals surface area (Å²) in [5.41, 5.74) is 4.84. The molecule has 1 amide bonds. The minimum Gasteiger partial charge on any atom is -0.369 e. The Balaban J connectivity index is 1.89. The molecule has 0 aliphatic rings. The van der Waals surface area contributed by atoms with Crippen molar-refractivity contribution >= 4 is 28.3 Å². The first-order chi connectivity index (χ1) is 12.8. The largest absolute Gasteiger partial charge is 0.369 e. The monoisotopic (exact) mass is 365 g/mol. The van der Waals surface area contributed by atoms with Crippen molar-refractivity contribution in [1.82, 2.24) is 14.8 Å². The molecule has 0 saturated carbocycles. The molecule has 2 heterocycles. The van der Waals surface area contributed by atoms with E-state index in [9.17, 15) is 4.79 Å². The number of carbonyl (C=O) groups excluding carboxylic acids is 1. The van der Waals surface area contributed by atoms with Crippen LogP contribution in [0.15, 0.2) is 30.3 Å². The van der Waals surface area contributed by atoms with Gasteiger partial charge in [0.15, 0.2) is 5.65 Å². The molecule has 27 heavy (non-hydrogen) atoms. The van der Waals surface area contributed by atoms with Gasteiger partial charge in [0.25, 0.3) is 5.91 Å². The number of aryl methyl sites for hydroxylation is 3. The number of carbonyl (C=O) groups is 1. The van der Waals surface area contributed by atoms with Crippen LogP contribution in [0, 0.1) is 13.8 Å². The molecule has 0 atom stereocenters. The number of pyridine rings is 1. The third-order valence-corrected chi connectivity index (χ3v) is 4.76. The van der Waals surface area contributed by atoms with Crippen molar-refractivity contribution < 1.29 is 4.79 Å². The average molecular weight is 365 g/mol. The summed E-state index contributed by atoms with van der Waals surface area (Å²) >= 11 is 0. The van der Waals surface area contributed by atoms with Crippen molar-refractivity contribution in [1.29, 1.82) is 0 Å². The number of fused-ring (bicyclic) bond motifs is 1. The molecule has 0 bridgehead atoms.